The molecule has 0 fully saturated rings. The van der Waals surface area contributed by atoms with Crippen molar-refractivity contribution in [3.05, 3.63) is 28.8 Å². The van der Waals surface area contributed by atoms with E-state index in [4.69, 9.17) is 16.7 Å². The number of nitrogens with one attached hydrogen (secondary N) is 1. The summed E-state index contributed by atoms with van der Waals surface area (Å²) in [4.78, 5) is 22.1. The van der Waals surface area contributed by atoms with Crippen LogP contribution >= 0.6 is 11.6 Å². The lowest BCUT2D eigenvalue weighted by atomic mass is 10.0. The molecule has 0 spiro atoms. The minimum atomic E-state index is -4.57. The number of benzene rings is 1. The van der Waals surface area contributed by atoms with Crippen molar-refractivity contribution in [2.24, 2.45) is 5.92 Å². The number of hydrogen-bond donors (Lipinski definition) is 2. The van der Waals surface area contributed by atoms with Gasteiger partial charge in [-0.2, -0.15) is 13.2 Å². The molecule has 1 unspecified atom stereocenters. The van der Waals surface area contributed by atoms with Crippen molar-refractivity contribution in [3.8, 4) is 0 Å². The van der Waals surface area contributed by atoms with Crippen LogP contribution in [0.5, 0.6) is 0 Å². The molecule has 0 aliphatic heterocycles. The highest BCUT2D eigenvalue weighted by Gasteiger charge is 2.31. The van der Waals surface area contributed by atoms with Crippen molar-refractivity contribution in [2.75, 3.05) is 5.32 Å². The van der Waals surface area contributed by atoms with Crippen LogP contribution in [-0.4, -0.2) is 17.0 Å². The highest BCUT2D eigenvalue weighted by molar-refractivity contribution is 6.31. The Morgan fingerprint density at radius 2 is 1.90 bits per heavy atom. The van der Waals surface area contributed by atoms with Crippen LogP contribution in [0.4, 0.5) is 18.9 Å². The van der Waals surface area contributed by atoms with E-state index >= 15 is 0 Å². The molecule has 1 amide bonds. The van der Waals surface area contributed by atoms with Crippen LogP contribution in [-0.2, 0) is 15.8 Å². The first-order valence-electron chi connectivity index (χ1n) is 5.97. The number of alkyl halides is 3. The molecule has 0 radical (unpaired) electrons. The largest absolute Gasteiger partial charge is 0.481 e. The van der Waals surface area contributed by atoms with Gasteiger partial charge < -0.3 is 10.4 Å². The summed E-state index contributed by atoms with van der Waals surface area (Å²) in [6.45, 7) is 1.56. The van der Waals surface area contributed by atoms with Gasteiger partial charge in [0.2, 0.25) is 5.91 Å². The van der Waals surface area contributed by atoms with Gasteiger partial charge in [0.1, 0.15) is 0 Å². The van der Waals surface area contributed by atoms with Crippen molar-refractivity contribution < 1.29 is 27.9 Å². The quantitative estimate of drug-likeness (QED) is 0.866. The first-order valence-corrected chi connectivity index (χ1v) is 6.35. The second kappa shape index (κ2) is 6.80. The van der Waals surface area contributed by atoms with Crippen LogP contribution in [0.2, 0.25) is 5.02 Å². The number of carboxylic acid groups (broad SMARTS) is 1. The Balaban J connectivity index is 2.77. The number of amides is 1. The zero-order valence-electron chi connectivity index (χ0n) is 11.0. The van der Waals surface area contributed by atoms with E-state index in [9.17, 15) is 22.8 Å². The molecule has 0 aliphatic rings. The van der Waals surface area contributed by atoms with Gasteiger partial charge in [0.05, 0.1) is 5.56 Å². The number of halogens is 4. The summed E-state index contributed by atoms with van der Waals surface area (Å²) >= 11 is 5.59. The molecule has 0 aliphatic carbocycles. The van der Waals surface area contributed by atoms with Crippen LogP contribution in [0.3, 0.4) is 0 Å². The summed E-state index contributed by atoms with van der Waals surface area (Å²) in [5, 5.41) is 10.7. The predicted octanol–water partition coefficient (Wildman–Crippen LogP) is 3.80. The Hall–Kier alpha value is -1.76. The Labute approximate surface area is 123 Å². The van der Waals surface area contributed by atoms with Gasteiger partial charge in [0.25, 0.3) is 0 Å². The van der Waals surface area contributed by atoms with E-state index in [1.165, 1.54) is 6.07 Å². The molecule has 0 heterocycles. The molecule has 2 N–H and O–H groups in total. The van der Waals surface area contributed by atoms with E-state index in [1.54, 1.807) is 6.92 Å². The Morgan fingerprint density at radius 1 is 1.29 bits per heavy atom. The maximum atomic E-state index is 12.6. The van der Waals surface area contributed by atoms with Gasteiger partial charge in [0.15, 0.2) is 0 Å². The van der Waals surface area contributed by atoms with Gasteiger partial charge in [-0.3, -0.25) is 9.59 Å². The summed E-state index contributed by atoms with van der Waals surface area (Å²) in [6.07, 6.45) is -4.88. The third kappa shape index (κ3) is 6.03. The van der Waals surface area contributed by atoms with E-state index in [0.29, 0.717) is 0 Å². The van der Waals surface area contributed by atoms with Crippen LogP contribution in [0.25, 0.3) is 0 Å². The third-order valence-corrected chi connectivity index (χ3v) is 2.78. The van der Waals surface area contributed by atoms with Crippen LogP contribution in [0.1, 0.15) is 25.3 Å². The van der Waals surface area contributed by atoms with Gasteiger partial charge in [-0.1, -0.05) is 18.5 Å². The topological polar surface area (TPSA) is 66.4 Å². The van der Waals surface area contributed by atoms with Gasteiger partial charge in [0, 0.05) is 23.6 Å². The maximum absolute atomic E-state index is 12.6. The molecule has 1 aromatic carbocycles. The van der Waals surface area contributed by atoms with E-state index in [-0.39, 0.29) is 23.6 Å². The van der Waals surface area contributed by atoms with Gasteiger partial charge >= 0.3 is 12.1 Å². The zero-order chi connectivity index (χ0) is 16.2. The number of rotatable bonds is 5. The molecular formula is C13H13ClF3NO3. The van der Waals surface area contributed by atoms with E-state index in [0.717, 1.165) is 12.1 Å². The molecule has 1 aromatic rings. The Morgan fingerprint density at radius 3 is 2.43 bits per heavy atom. The van der Waals surface area contributed by atoms with Crippen molar-refractivity contribution in [2.45, 2.75) is 25.9 Å². The minimum Gasteiger partial charge on any atom is -0.481 e. The highest BCUT2D eigenvalue weighted by atomic mass is 35.5. The Bertz CT molecular complexity index is 546. The summed E-state index contributed by atoms with van der Waals surface area (Å²) in [5.41, 5.74) is -1.05. The second-order valence-corrected chi connectivity index (χ2v) is 5.12. The molecule has 0 aromatic heterocycles. The number of aliphatic carboxylic acids is 1. The fourth-order valence-corrected chi connectivity index (χ4v) is 1.96. The molecule has 0 saturated heterocycles. The van der Waals surface area contributed by atoms with Crippen molar-refractivity contribution in [3.63, 3.8) is 0 Å². The molecular weight excluding hydrogens is 311 g/mol. The highest BCUT2D eigenvalue weighted by Crippen LogP contribution is 2.33. The zero-order valence-corrected chi connectivity index (χ0v) is 11.8. The van der Waals surface area contributed by atoms with Gasteiger partial charge in [-0.15, -0.1) is 0 Å². The van der Waals surface area contributed by atoms with Crippen molar-refractivity contribution in [1.82, 2.24) is 0 Å². The maximum Gasteiger partial charge on any atom is 0.416 e. The van der Waals surface area contributed by atoms with E-state index in [1.807, 2.05) is 0 Å². The lowest BCUT2D eigenvalue weighted by molar-refractivity contribution is -0.138. The lowest BCUT2D eigenvalue weighted by Crippen LogP contribution is -2.17. The molecule has 1 rings (SSSR count). The number of anilines is 1. The number of carbonyl (C=O) groups is 2. The van der Waals surface area contributed by atoms with Crippen LogP contribution in [0.15, 0.2) is 18.2 Å². The molecule has 1 atom stereocenters. The first kappa shape index (κ1) is 17.3. The van der Waals surface area contributed by atoms with Gasteiger partial charge in [-0.05, 0) is 24.1 Å². The van der Waals surface area contributed by atoms with Crippen molar-refractivity contribution >= 4 is 29.2 Å². The molecule has 0 saturated carbocycles. The molecule has 0 bridgehead atoms. The molecule has 8 heteroatoms. The Kier molecular flexibility index (Phi) is 5.60. The smallest absolute Gasteiger partial charge is 0.416 e. The number of carbonyl (C=O) groups excluding carboxylic acids is 1. The molecule has 116 valence electrons. The first-order chi connectivity index (χ1) is 9.57. The normalized spacial score (nSPS) is 12.8. The fourth-order valence-electron chi connectivity index (χ4n) is 1.72. The average Bonchev–Trinajstić information content (AvgIpc) is 2.24. The average molecular weight is 324 g/mol. The minimum absolute atomic E-state index is 0.0812. The van der Waals surface area contributed by atoms with Gasteiger partial charge in [-0.25, -0.2) is 0 Å². The molecule has 4 nitrogen and oxygen atoms in total. The number of carboxylic acids is 1. The van der Waals surface area contributed by atoms with E-state index in [2.05, 4.69) is 5.32 Å². The standard InChI is InChI=1S/C13H13ClF3NO3/c1-7(3-12(20)21)2-11(19)18-10-5-8(13(15,16)17)4-9(14)6-10/h4-7H,2-3H2,1H3,(H,18,19)(H,20,21). The third-order valence-electron chi connectivity index (χ3n) is 2.57. The summed E-state index contributed by atoms with van der Waals surface area (Å²) in [7, 11) is 0. The predicted molar refractivity (Wildman–Crippen MR) is 71.1 cm³/mol. The lowest BCUT2D eigenvalue weighted by Gasteiger charge is -2.12. The SMILES string of the molecule is CC(CC(=O)O)CC(=O)Nc1cc(Cl)cc(C(F)(F)F)c1. The molecule has 21 heavy (non-hydrogen) atoms. The summed E-state index contributed by atoms with van der Waals surface area (Å²) < 4.78 is 37.8. The van der Waals surface area contributed by atoms with Crippen LogP contribution in [0, 0.1) is 5.92 Å². The van der Waals surface area contributed by atoms with Crippen LogP contribution < -0.4 is 5.32 Å². The summed E-state index contributed by atoms with van der Waals surface area (Å²) in [6, 6.07) is 2.71. The summed E-state index contributed by atoms with van der Waals surface area (Å²) in [5.74, 6) is -2.04. The van der Waals surface area contributed by atoms with E-state index < -0.39 is 29.5 Å². The number of hydrogen-bond acceptors (Lipinski definition) is 2. The fraction of sp³-hybridized carbons (Fsp3) is 0.385. The monoisotopic (exact) mass is 323 g/mol. The second-order valence-electron chi connectivity index (χ2n) is 4.68. The van der Waals surface area contributed by atoms with Crippen molar-refractivity contribution in [1.29, 1.82) is 0 Å².